The van der Waals surface area contributed by atoms with E-state index in [0.717, 1.165) is 10.9 Å². The summed E-state index contributed by atoms with van der Waals surface area (Å²) in [5.74, 6) is -1.28. The van der Waals surface area contributed by atoms with Crippen molar-refractivity contribution in [2.24, 2.45) is 5.73 Å². The first-order valence-electron chi connectivity index (χ1n) is 19.5. The highest BCUT2D eigenvalue weighted by molar-refractivity contribution is 6.63. The Morgan fingerprint density at radius 3 is 1.28 bits per heavy atom. The van der Waals surface area contributed by atoms with Gasteiger partial charge in [0.15, 0.2) is 0 Å². The van der Waals surface area contributed by atoms with E-state index in [1.165, 1.54) is 24.3 Å². The Hall–Kier alpha value is -3.68. The molecule has 16 heteroatoms. The lowest BCUT2D eigenvalue weighted by atomic mass is 9.78. The molecule has 3 saturated heterocycles. The van der Waals surface area contributed by atoms with Crippen LogP contribution in [-0.2, 0) is 45.8 Å². The standard InChI is InChI=1S/C16H23BFNO3.C13H19BFNO2.C13H15BFNO2/c1-6-14(20)19-10-11-9-12(7-8-13(11)18)17-21-15(2,3)16(4,5)22-17;2*1-12(2)13(3,4)18-14(17-12)10-5-6-11(15)9(7-10)8-16/h7-9H,6,10H2,1-5H3,(H,19,20);5-7H,8,16H2,1-4H3;5-7H,1-4H3. The monoisotopic (exact) mass is 805 g/mol. The molecule has 312 valence electrons. The maximum absolute atomic E-state index is 13.9. The fourth-order valence-electron chi connectivity index (χ4n) is 5.81. The second-order valence-corrected chi connectivity index (χ2v) is 17.7. The quantitative estimate of drug-likeness (QED) is 0.288. The van der Waals surface area contributed by atoms with Gasteiger partial charge in [-0.05, 0) is 124 Å². The molecule has 3 N–H and O–H groups in total. The number of hydrogen-bond donors (Lipinski definition) is 2. The van der Waals surface area contributed by atoms with Crippen molar-refractivity contribution >= 4 is 43.7 Å². The van der Waals surface area contributed by atoms with Crippen LogP contribution in [0.3, 0.4) is 0 Å². The molecule has 3 heterocycles. The van der Waals surface area contributed by atoms with Crippen molar-refractivity contribution in [1.29, 1.82) is 5.26 Å². The number of halogens is 3. The Morgan fingerprint density at radius 2 is 0.931 bits per heavy atom. The largest absolute Gasteiger partial charge is 0.494 e. The van der Waals surface area contributed by atoms with E-state index in [2.05, 4.69) is 5.32 Å². The third kappa shape index (κ3) is 10.4. The molecule has 6 rings (SSSR count). The van der Waals surface area contributed by atoms with E-state index in [1.807, 2.05) is 89.2 Å². The highest BCUT2D eigenvalue weighted by atomic mass is 19.1. The van der Waals surface area contributed by atoms with Crippen LogP contribution in [-0.4, -0.2) is 60.9 Å². The van der Waals surface area contributed by atoms with Gasteiger partial charge in [-0.25, -0.2) is 13.2 Å². The van der Waals surface area contributed by atoms with Crippen molar-refractivity contribution in [3.05, 3.63) is 88.7 Å². The third-order valence-corrected chi connectivity index (χ3v) is 11.8. The van der Waals surface area contributed by atoms with Crippen LogP contribution in [0.4, 0.5) is 13.2 Å². The smallest absolute Gasteiger partial charge is 0.399 e. The van der Waals surface area contributed by atoms with Crippen molar-refractivity contribution < 1.29 is 45.9 Å². The van der Waals surface area contributed by atoms with Crippen LogP contribution in [0.2, 0.25) is 0 Å². The highest BCUT2D eigenvalue weighted by Gasteiger charge is 2.53. The van der Waals surface area contributed by atoms with Crippen LogP contribution in [0.5, 0.6) is 0 Å². The van der Waals surface area contributed by atoms with Crippen LogP contribution in [0.15, 0.2) is 54.6 Å². The Balaban J connectivity index is 0.000000194. The summed E-state index contributed by atoms with van der Waals surface area (Å²) in [5, 5.41) is 11.5. The number of carbonyl (C=O) groups excluding carboxylic acids is 1. The molecule has 0 spiro atoms. The lowest BCUT2D eigenvalue weighted by molar-refractivity contribution is -0.120. The van der Waals surface area contributed by atoms with E-state index in [9.17, 15) is 18.0 Å². The number of amides is 1. The Morgan fingerprint density at radius 1 is 0.603 bits per heavy atom. The molecule has 1 amide bonds. The van der Waals surface area contributed by atoms with Crippen molar-refractivity contribution in [2.75, 3.05) is 0 Å². The third-order valence-electron chi connectivity index (χ3n) is 11.8. The van der Waals surface area contributed by atoms with E-state index >= 15 is 0 Å². The van der Waals surface area contributed by atoms with E-state index < -0.39 is 60.8 Å². The molecule has 0 saturated carbocycles. The van der Waals surface area contributed by atoms with Gasteiger partial charge in [0, 0.05) is 30.6 Å². The lowest BCUT2D eigenvalue weighted by Gasteiger charge is -2.32. The van der Waals surface area contributed by atoms with Crippen molar-refractivity contribution in [3.8, 4) is 6.07 Å². The number of hydrogen-bond acceptors (Lipinski definition) is 9. The minimum atomic E-state index is -0.567. The van der Waals surface area contributed by atoms with Gasteiger partial charge in [0.25, 0.3) is 0 Å². The second-order valence-electron chi connectivity index (χ2n) is 17.7. The summed E-state index contributed by atoms with van der Waals surface area (Å²) in [6.07, 6.45) is 0.374. The van der Waals surface area contributed by atoms with E-state index in [0.29, 0.717) is 23.0 Å². The molecular formula is C42H57B3F3N3O7. The van der Waals surface area contributed by atoms with Crippen LogP contribution >= 0.6 is 0 Å². The fraction of sp³-hybridized carbons (Fsp3) is 0.524. The number of benzene rings is 3. The van der Waals surface area contributed by atoms with Gasteiger partial charge in [0.2, 0.25) is 5.91 Å². The molecule has 58 heavy (non-hydrogen) atoms. The van der Waals surface area contributed by atoms with Gasteiger partial charge in [0.05, 0.1) is 39.2 Å². The predicted octanol–water partition coefficient (Wildman–Crippen LogP) is 5.73. The van der Waals surface area contributed by atoms with Gasteiger partial charge >= 0.3 is 21.4 Å². The van der Waals surface area contributed by atoms with Gasteiger partial charge in [-0.15, -0.1) is 0 Å². The van der Waals surface area contributed by atoms with Crippen LogP contribution in [0.1, 0.15) is 113 Å². The van der Waals surface area contributed by atoms with Crippen LogP contribution in [0.25, 0.3) is 0 Å². The van der Waals surface area contributed by atoms with Crippen molar-refractivity contribution in [1.82, 2.24) is 5.32 Å². The average Bonchev–Trinajstić information content (AvgIpc) is 3.60. The number of nitrogens with one attached hydrogen (secondary N) is 1. The number of carbonyl (C=O) groups is 1. The van der Waals surface area contributed by atoms with Gasteiger partial charge < -0.3 is 39.0 Å². The first-order valence-corrected chi connectivity index (χ1v) is 19.5. The number of nitrogens with two attached hydrogens (primary N) is 1. The summed E-state index contributed by atoms with van der Waals surface area (Å²) in [5.41, 5.74) is 6.05. The van der Waals surface area contributed by atoms with Crippen molar-refractivity contribution in [3.63, 3.8) is 0 Å². The Bertz CT molecular complexity index is 1960. The SMILES string of the molecule is CC1(C)OB(c2ccc(F)c(C#N)c2)OC1(C)C.CC1(C)OB(c2ccc(F)c(CN)c2)OC1(C)C.CCC(=O)NCc1cc(B2OC(C)(C)C(C)(C)O2)ccc1F. The molecule has 3 fully saturated rings. The van der Waals surface area contributed by atoms with E-state index in [-0.39, 0.29) is 36.2 Å². The summed E-state index contributed by atoms with van der Waals surface area (Å²) >= 11 is 0. The Kier molecular flexibility index (Phi) is 14.2. The average molecular weight is 805 g/mol. The summed E-state index contributed by atoms with van der Waals surface area (Å²) in [6.45, 7) is 25.7. The maximum atomic E-state index is 13.9. The molecule has 0 radical (unpaired) electrons. The molecule has 3 aromatic rings. The number of nitriles is 1. The zero-order chi connectivity index (χ0) is 43.6. The second kappa shape index (κ2) is 17.5. The molecule has 3 aliphatic rings. The first kappa shape index (κ1) is 47.0. The van der Waals surface area contributed by atoms with Gasteiger partial charge in [-0.1, -0.05) is 37.3 Å². The topological polar surface area (TPSA) is 134 Å². The van der Waals surface area contributed by atoms with E-state index in [1.54, 1.807) is 37.3 Å². The van der Waals surface area contributed by atoms with Gasteiger partial charge in [-0.3, -0.25) is 4.79 Å². The van der Waals surface area contributed by atoms with Gasteiger partial charge in [-0.2, -0.15) is 5.26 Å². The summed E-state index contributed by atoms with van der Waals surface area (Å²) in [4.78, 5) is 11.3. The number of rotatable bonds is 7. The minimum Gasteiger partial charge on any atom is -0.399 e. The maximum Gasteiger partial charge on any atom is 0.494 e. The van der Waals surface area contributed by atoms with Crippen LogP contribution < -0.4 is 27.4 Å². The zero-order valence-corrected chi connectivity index (χ0v) is 36.1. The molecule has 0 aliphatic carbocycles. The summed E-state index contributed by atoms with van der Waals surface area (Å²) in [6, 6.07) is 15.6. The number of nitrogens with zero attached hydrogens (tertiary/aromatic N) is 1. The molecule has 0 bridgehead atoms. The minimum absolute atomic E-state index is 0.00205. The predicted molar refractivity (Wildman–Crippen MR) is 221 cm³/mol. The molecule has 10 nitrogen and oxygen atoms in total. The van der Waals surface area contributed by atoms with Crippen molar-refractivity contribution in [2.45, 2.75) is 143 Å². The van der Waals surface area contributed by atoms with Crippen LogP contribution in [0, 0.1) is 28.8 Å². The highest BCUT2D eigenvalue weighted by Crippen LogP contribution is 2.38. The Labute approximate surface area is 343 Å². The molecular weight excluding hydrogens is 748 g/mol. The molecule has 3 aliphatic heterocycles. The molecule has 0 atom stereocenters. The lowest BCUT2D eigenvalue weighted by Crippen LogP contribution is -2.41. The zero-order valence-electron chi connectivity index (χ0n) is 36.1. The normalized spacial score (nSPS) is 20.4. The van der Waals surface area contributed by atoms with E-state index in [4.69, 9.17) is 38.9 Å². The summed E-state index contributed by atoms with van der Waals surface area (Å²) in [7, 11) is -1.57. The molecule has 0 aromatic heterocycles. The molecule has 3 aromatic carbocycles. The van der Waals surface area contributed by atoms with Gasteiger partial charge in [0.1, 0.15) is 23.5 Å². The molecule has 0 unspecified atom stereocenters. The fourth-order valence-corrected chi connectivity index (χ4v) is 5.81. The first-order chi connectivity index (χ1) is 26.7. The summed E-state index contributed by atoms with van der Waals surface area (Å²) < 4.78 is 75.9.